The van der Waals surface area contributed by atoms with Crippen LogP contribution in [0.1, 0.15) is 77.0 Å². The van der Waals surface area contributed by atoms with Crippen LogP contribution in [-0.4, -0.2) is 99.5 Å². The molecule has 0 saturated carbocycles. The van der Waals surface area contributed by atoms with Crippen LogP contribution in [0, 0.1) is 20.8 Å². The number of piperazine rings is 1. The lowest BCUT2D eigenvalue weighted by molar-refractivity contribution is -0.00318. The van der Waals surface area contributed by atoms with Crippen molar-refractivity contribution in [2.45, 2.75) is 66.2 Å². The molecular weight excluding hydrogens is 586 g/mol. The highest BCUT2D eigenvalue weighted by Crippen LogP contribution is 2.26. The molecule has 4 rings (SSSR count). The molecule has 0 bridgehead atoms. The summed E-state index contributed by atoms with van der Waals surface area (Å²) in [6.07, 6.45) is 4.06. The monoisotopic (exact) mass is 631 g/mol. The highest BCUT2D eigenvalue weighted by molar-refractivity contribution is 6.04. The smallest absolute Gasteiger partial charge is 0.410 e. The first-order chi connectivity index (χ1) is 21.6. The van der Waals surface area contributed by atoms with E-state index in [1.165, 1.54) is 17.3 Å². The molecule has 12 nitrogen and oxygen atoms in total. The van der Waals surface area contributed by atoms with Gasteiger partial charge < -0.3 is 24.6 Å². The third-order valence-corrected chi connectivity index (χ3v) is 7.54. The Balaban J connectivity index is 1.47. The molecule has 0 unspecified atom stereocenters. The van der Waals surface area contributed by atoms with Gasteiger partial charge in [-0.1, -0.05) is 6.07 Å². The summed E-state index contributed by atoms with van der Waals surface area (Å²) in [6, 6.07) is 7.39. The number of aromatic nitrogens is 3. The van der Waals surface area contributed by atoms with Crippen LogP contribution in [0.25, 0.3) is 0 Å². The Kier molecular flexibility index (Phi) is 10.6. The number of ether oxygens (including phenoxy) is 2. The minimum Gasteiger partial charge on any atom is -0.481 e. The molecule has 3 amide bonds. The summed E-state index contributed by atoms with van der Waals surface area (Å²) in [5.74, 6) is 0.272. The molecule has 1 aliphatic rings. The number of anilines is 1. The summed E-state index contributed by atoms with van der Waals surface area (Å²) in [5.41, 5.74) is 3.22. The van der Waals surface area contributed by atoms with Crippen molar-refractivity contribution in [3.8, 4) is 5.75 Å². The number of nitrogens with one attached hydrogen (secondary N) is 1. The van der Waals surface area contributed by atoms with Gasteiger partial charge >= 0.3 is 6.09 Å². The maximum atomic E-state index is 13.2. The molecule has 1 fully saturated rings. The zero-order valence-corrected chi connectivity index (χ0v) is 28.2. The van der Waals surface area contributed by atoms with Gasteiger partial charge in [-0.25, -0.2) is 14.8 Å². The van der Waals surface area contributed by atoms with Gasteiger partial charge in [0.2, 0.25) is 0 Å². The first-order valence-electron chi connectivity index (χ1n) is 15.4. The largest absolute Gasteiger partial charge is 0.481 e. The van der Waals surface area contributed by atoms with Gasteiger partial charge in [0, 0.05) is 58.7 Å². The minimum absolute atomic E-state index is 0.0419. The standard InChI is InChI=1S/C34H45N7O5/c1-21-10-11-27(35-16-21)28(20-40-12-13-41(24(4)19-40)33(44)46-34(5,6)7)45-26-15-22(2)29(36-18-26)31(42)38-30-23(3)14-25(17-37-30)32(43)39(8)9/h10-11,14-18,24,28H,12-13,19-20H2,1-9H3,(H,37,38,42)/t24-,28-/m1/s1. The SMILES string of the molecule is Cc1ccc([C@@H](CN2CCN(C(=O)OC(C)(C)C)[C@H](C)C2)Oc2cnc(C(=O)Nc3ncc(C(=O)N(C)C)cc3C)c(C)c2)nc1. The Labute approximate surface area is 271 Å². The normalized spacial score (nSPS) is 16.0. The van der Waals surface area contributed by atoms with Gasteiger partial charge in [0.25, 0.3) is 11.8 Å². The Morgan fingerprint density at radius 2 is 1.74 bits per heavy atom. The fourth-order valence-electron chi connectivity index (χ4n) is 5.15. The summed E-state index contributed by atoms with van der Waals surface area (Å²) in [4.78, 5) is 57.0. The van der Waals surface area contributed by atoms with Crippen LogP contribution in [-0.2, 0) is 4.74 Å². The van der Waals surface area contributed by atoms with E-state index in [2.05, 4.69) is 25.2 Å². The van der Waals surface area contributed by atoms with Crippen molar-refractivity contribution >= 4 is 23.7 Å². The van der Waals surface area contributed by atoms with Crippen molar-refractivity contribution in [2.24, 2.45) is 0 Å². The Bertz CT molecular complexity index is 1570. The summed E-state index contributed by atoms with van der Waals surface area (Å²) in [7, 11) is 3.34. The summed E-state index contributed by atoms with van der Waals surface area (Å²) in [6.45, 7) is 15.6. The second-order valence-corrected chi connectivity index (χ2v) is 13.0. The molecule has 0 spiro atoms. The number of hydrogen-bond donors (Lipinski definition) is 1. The maximum Gasteiger partial charge on any atom is 0.410 e. The molecule has 1 aliphatic heterocycles. The molecule has 2 atom stereocenters. The molecular formula is C34H45N7O5. The maximum absolute atomic E-state index is 13.2. The van der Waals surface area contributed by atoms with Crippen LogP contribution < -0.4 is 10.1 Å². The van der Waals surface area contributed by atoms with Gasteiger partial charge in [-0.2, -0.15) is 0 Å². The third-order valence-electron chi connectivity index (χ3n) is 7.54. The second kappa shape index (κ2) is 14.2. The van der Waals surface area contributed by atoms with E-state index < -0.39 is 17.6 Å². The number of pyridine rings is 3. The number of carbonyl (C=O) groups excluding carboxylic acids is 3. The Morgan fingerprint density at radius 1 is 1.00 bits per heavy atom. The lowest BCUT2D eigenvalue weighted by atomic mass is 10.1. The number of aryl methyl sites for hydroxylation is 3. The predicted molar refractivity (Wildman–Crippen MR) is 175 cm³/mol. The lowest BCUT2D eigenvalue weighted by Gasteiger charge is -2.41. The summed E-state index contributed by atoms with van der Waals surface area (Å²) < 4.78 is 12.1. The zero-order valence-electron chi connectivity index (χ0n) is 28.2. The first-order valence-corrected chi connectivity index (χ1v) is 15.4. The van der Waals surface area contributed by atoms with Crippen LogP contribution in [0.15, 0.2) is 42.9 Å². The molecule has 4 heterocycles. The van der Waals surface area contributed by atoms with E-state index in [0.717, 1.165) is 11.3 Å². The van der Waals surface area contributed by atoms with Crippen LogP contribution in [0.4, 0.5) is 10.6 Å². The van der Waals surface area contributed by atoms with Crippen LogP contribution in [0.2, 0.25) is 0 Å². The number of rotatable bonds is 8. The van der Waals surface area contributed by atoms with E-state index in [9.17, 15) is 14.4 Å². The van der Waals surface area contributed by atoms with E-state index in [0.29, 0.717) is 54.4 Å². The topological polar surface area (TPSA) is 130 Å². The van der Waals surface area contributed by atoms with Crippen molar-refractivity contribution in [1.82, 2.24) is 29.7 Å². The summed E-state index contributed by atoms with van der Waals surface area (Å²) in [5, 5.41) is 2.80. The van der Waals surface area contributed by atoms with Gasteiger partial charge in [-0.05, 0) is 83.4 Å². The van der Waals surface area contributed by atoms with Crippen molar-refractivity contribution in [1.29, 1.82) is 0 Å². The van der Waals surface area contributed by atoms with Crippen molar-refractivity contribution in [3.63, 3.8) is 0 Å². The first kappa shape index (κ1) is 34.3. The zero-order chi connectivity index (χ0) is 33.8. The number of carbonyl (C=O) groups is 3. The number of hydrogen-bond acceptors (Lipinski definition) is 9. The molecule has 46 heavy (non-hydrogen) atoms. The van der Waals surface area contributed by atoms with Gasteiger partial charge in [0.05, 0.1) is 17.5 Å². The molecule has 1 N–H and O–H groups in total. The van der Waals surface area contributed by atoms with E-state index in [1.54, 1.807) is 45.0 Å². The summed E-state index contributed by atoms with van der Waals surface area (Å²) >= 11 is 0. The average Bonchev–Trinajstić information content (AvgIpc) is 2.97. The molecule has 12 heteroatoms. The highest BCUT2D eigenvalue weighted by Gasteiger charge is 2.32. The fraction of sp³-hybridized carbons (Fsp3) is 0.471. The van der Waals surface area contributed by atoms with Gasteiger partial charge in [0.1, 0.15) is 22.9 Å². The van der Waals surface area contributed by atoms with Gasteiger partial charge in [0.15, 0.2) is 6.10 Å². The molecule has 3 aromatic heterocycles. The van der Waals surface area contributed by atoms with Crippen LogP contribution in [0.3, 0.4) is 0 Å². The van der Waals surface area contributed by atoms with Crippen LogP contribution in [0.5, 0.6) is 5.75 Å². The Hall–Kier alpha value is -4.58. The quantitative estimate of drug-likeness (QED) is 0.372. The van der Waals surface area contributed by atoms with E-state index in [-0.39, 0.29) is 23.7 Å². The molecule has 3 aromatic rings. The average molecular weight is 632 g/mol. The fourth-order valence-corrected chi connectivity index (χ4v) is 5.15. The number of amides is 3. The van der Waals surface area contributed by atoms with Crippen molar-refractivity contribution in [3.05, 3.63) is 76.5 Å². The molecule has 0 radical (unpaired) electrons. The third kappa shape index (κ3) is 8.78. The van der Waals surface area contributed by atoms with E-state index in [1.807, 2.05) is 52.9 Å². The van der Waals surface area contributed by atoms with E-state index in [4.69, 9.17) is 9.47 Å². The lowest BCUT2D eigenvalue weighted by Crippen LogP contribution is -2.55. The molecule has 0 aromatic carbocycles. The second-order valence-electron chi connectivity index (χ2n) is 13.0. The van der Waals surface area contributed by atoms with E-state index >= 15 is 0 Å². The molecule has 1 saturated heterocycles. The minimum atomic E-state index is -0.554. The van der Waals surface area contributed by atoms with Gasteiger partial charge in [-0.15, -0.1) is 0 Å². The highest BCUT2D eigenvalue weighted by atomic mass is 16.6. The van der Waals surface area contributed by atoms with Crippen molar-refractivity contribution in [2.75, 3.05) is 45.6 Å². The number of nitrogens with zero attached hydrogens (tertiary/aromatic N) is 6. The van der Waals surface area contributed by atoms with Crippen molar-refractivity contribution < 1.29 is 23.9 Å². The molecule has 246 valence electrons. The predicted octanol–water partition coefficient (Wildman–Crippen LogP) is 4.81. The molecule has 0 aliphatic carbocycles. The Morgan fingerprint density at radius 3 is 2.33 bits per heavy atom. The van der Waals surface area contributed by atoms with Crippen LogP contribution >= 0.6 is 0 Å². The van der Waals surface area contributed by atoms with Gasteiger partial charge in [-0.3, -0.25) is 19.5 Å².